The topological polar surface area (TPSA) is 50.2 Å². The van der Waals surface area contributed by atoms with E-state index in [1.165, 1.54) is 11.3 Å². The van der Waals surface area contributed by atoms with Crippen molar-refractivity contribution in [2.24, 2.45) is 0 Å². The summed E-state index contributed by atoms with van der Waals surface area (Å²) < 4.78 is 12.5. The maximum absolute atomic E-state index is 11.4. The van der Waals surface area contributed by atoms with Gasteiger partial charge in [0.05, 0.1) is 10.2 Å². The van der Waals surface area contributed by atoms with E-state index in [0.717, 1.165) is 20.8 Å². The Morgan fingerprint density at radius 2 is 1.78 bits per heavy atom. The van der Waals surface area contributed by atoms with Gasteiger partial charge < -0.3 is 4.89 Å². The van der Waals surface area contributed by atoms with E-state index in [1.807, 2.05) is 36.4 Å². The third kappa shape index (κ3) is 1.99. The molecule has 0 radical (unpaired) electrons. The van der Waals surface area contributed by atoms with Gasteiger partial charge in [-0.1, -0.05) is 30.3 Å². The Morgan fingerprint density at radius 1 is 1.06 bits per heavy atom. The normalized spacial score (nSPS) is 12.7. The largest absolute Gasteiger partial charge is 0.343 e. The van der Waals surface area contributed by atoms with E-state index in [2.05, 4.69) is 4.98 Å². The minimum atomic E-state index is -2.71. The molecule has 18 heavy (non-hydrogen) atoms. The molecule has 0 aliphatic heterocycles. The van der Waals surface area contributed by atoms with Crippen molar-refractivity contribution < 1.29 is 9.46 Å². The maximum atomic E-state index is 11.4. The van der Waals surface area contributed by atoms with E-state index >= 15 is 0 Å². The smallest absolute Gasteiger partial charge is 0.218 e. The van der Waals surface area contributed by atoms with E-state index in [0.29, 0.717) is 5.30 Å². The highest BCUT2D eigenvalue weighted by molar-refractivity contribution is 7.47. The second kappa shape index (κ2) is 4.65. The number of fused-ring (bicyclic) bond motifs is 1. The molecule has 3 rings (SSSR count). The van der Waals surface area contributed by atoms with E-state index in [4.69, 9.17) is 0 Å². The summed E-state index contributed by atoms with van der Waals surface area (Å²) in [6.07, 6.45) is 0. The van der Waals surface area contributed by atoms with Gasteiger partial charge in [-0.3, -0.25) is 4.57 Å². The summed E-state index contributed by atoms with van der Waals surface area (Å²) in [5.41, 5.74) is 1.68. The first-order chi connectivity index (χ1) is 8.75. The number of rotatable bonds is 2. The summed E-state index contributed by atoms with van der Waals surface area (Å²) in [5, 5.41) is 1.26. The van der Waals surface area contributed by atoms with Crippen molar-refractivity contribution in [1.29, 1.82) is 0 Å². The van der Waals surface area contributed by atoms with Crippen LogP contribution in [0.5, 0.6) is 0 Å². The summed E-state index contributed by atoms with van der Waals surface area (Å²) in [4.78, 5) is 13.9. The Hall–Kier alpha value is -1.48. The van der Waals surface area contributed by atoms with Crippen molar-refractivity contribution in [2.45, 2.75) is 0 Å². The first-order valence-electron chi connectivity index (χ1n) is 5.44. The van der Waals surface area contributed by atoms with E-state index < -0.39 is 8.03 Å². The van der Waals surface area contributed by atoms with Gasteiger partial charge in [-0.25, -0.2) is 4.98 Å². The molecule has 3 aromatic rings. The predicted molar refractivity (Wildman–Crippen MR) is 75.9 cm³/mol. The van der Waals surface area contributed by atoms with Crippen molar-refractivity contribution in [3.8, 4) is 10.6 Å². The molecule has 1 aromatic heterocycles. The fourth-order valence-corrected chi connectivity index (χ4v) is 3.61. The quantitative estimate of drug-likeness (QED) is 0.731. The molecule has 1 N–H and O–H groups in total. The minimum Gasteiger partial charge on any atom is -0.343 e. The molecular formula is C13H10NO2PS. The number of para-hydroxylation sites is 1. The van der Waals surface area contributed by atoms with Crippen LogP contribution in [0.4, 0.5) is 0 Å². The number of benzene rings is 2. The first-order valence-corrected chi connectivity index (χ1v) is 7.61. The van der Waals surface area contributed by atoms with Gasteiger partial charge in [0.25, 0.3) is 0 Å². The van der Waals surface area contributed by atoms with Gasteiger partial charge in [0.1, 0.15) is 5.01 Å². The van der Waals surface area contributed by atoms with Crippen LogP contribution in [0.2, 0.25) is 0 Å². The van der Waals surface area contributed by atoms with Gasteiger partial charge in [-0.2, -0.15) is 0 Å². The van der Waals surface area contributed by atoms with Gasteiger partial charge in [0, 0.05) is 10.9 Å². The number of thiazole rings is 1. The van der Waals surface area contributed by atoms with Crippen LogP contribution in [-0.4, -0.2) is 9.88 Å². The van der Waals surface area contributed by atoms with Crippen molar-refractivity contribution in [3.05, 3.63) is 48.5 Å². The van der Waals surface area contributed by atoms with Crippen LogP contribution in [-0.2, 0) is 4.57 Å². The van der Waals surface area contributed by atoms with E-state index in [9.17, 15) is 9.46 Å². The molecule has 1 heterocycles. The molecule has 0 aliphatic rings. The highest BCUT2D eigenvalue weighted by atomic mass is 32.1. The molecule has 5 heteroatoms. The standard InChI is InChI=1S/C13H10NO2PS/c15-17(16)11-7-3-1-5-9(11)13-14-10-6-2-4-8-12(10)18-13/h1-8,17H,(H,15,16). The lowest BCUT2D eigenvalue weighted by Crippen LogP contribution is -2.00. The molecule has 0 amide bonds. The van der Waals surface area contributed by atoms with Gasteiger partial charge >= 0.3 is 0 Å². The molecule has 3 nitrogen and oxygen atoms in total. The van der Waals surface area contributed by atoms with Gasteiger partial charge in [0.15, 0.2) is 0 Å². The van der Waals surface area contributed by atoms with Crippen LogP contribution in [0.15, 0.2) is 48.5 Å². The molecule has 1 unspecified atom stereocenters. The zero-order valence-corrected chi connectivity index (χ0v) is 11.1. The zero-order valence-electron chi connectivity index (χ0n) is 9.33. The van der Waals surface area contributed by atoms with Crippen LogP contribution in [0.25, 0.3) is 20.8 Å². The Labute approximate surface area is 109 Å². The van der Waals surface area contributed by atoms with Crippen molar-refractivity contribution in [2.75, 3.05) is 0 Å². The SMILES string of the molecule is O=[PH](O)c1ccccc1-c1nc2ccccc2s1. The fourth-order valence-electron chi connectivity index (χ4n) is 1.84. The maximum Gasteiger partial charge on any atom is 0.218 e. The summed E-state index contributed by atoms with van der Waals surface area (Å²) >= 11 is 1.54. The molecule has 1 atom stereocenters. The average molecular weight is 275 g/mol. The van der Waals surface area contributed by atoms with Crippen LogP contribution in [0, 0.1) is 0 Å². The zero-order chi connectivity index (χ0) is 12.5. The Balaban J connectivity index is 2.23. The number of nitrogens with zero attached hydrogens (tertiary/aromatic N) is 1. The molecule has 0 saturated heterocycles. The first kappa shape index (κ1) is 11.6. The van der Waals surface area contributed by atoms with Gasteiger partial charge in [-0.05, 0) is 18.2 Å². The molecule has 0 saturated carbocycles. The lowest BCUT2D eigenvalue weighted by Gasteiger charge is -2.02. The van der Waals surface area contributed by atoms with Gasteiger partial charge in [0.2, 0.25) is 8.03 Å². The number of hydrogen-bond donors (Lipinski definition) is 1. The highest BCUT2D eigenvalue weighted by Gasteiger charge is 2.12. The van der Waals surface area contributed by atoms with Crippen LogP contribution >= 0.6 is 19.4 Å². The van der Waals surface area contributed by atoms with E-state index in [-0.39, 0.29) is 0 Å². The predicted octanol–water partition coefficient (Wildman–Crippen LogP) is 3.06. The molecule has 0 fully saturated rings. The van der Waals surface area contributed by atoms with Crippen molar-refractivity contribution >= 4 is 34.9 Å². The summed E-state index contributed by atoms with van der Waals surface area (Å²) in [6, 6.07) is 15.0. The van der Waals surface area contributed by atoms with Crippen LogP contribution < -0.4 is 5.30 Å². The number of aromatic nitrogens is 1. The highest BCUT2D eigenvalue weighted by Crippen LogP contribution is 2.31. The monoisotopic (exact) mass is 275 g/mol. The Bertz CT molecular complexity index is 705. The third-order valence-electron chi connectivity index (χ3n) is 2.68. The fraction of sp³-hybridized carbons (Fsp3) is 0. The van der Waals surface area contributed by atoms with Gasteiger partial charge in [-0.15, -0.1) is 11.3 Å². The average Bonchev–Trinajstić information content (AvgIpc) is 2.82. The third-order valence-corrected chi connectivity index (χ3v) is 4.65. The number of hydrogen-bond acceptors (Lipinski definition) is 3. The molecule has 0 bridgehead atoms. The lowest BCUT2D eigenvalue weighted by atomic mass is 10.2. The van der Waals surface area contributed by atoms with E-state index in [1.54, 1.807) is 12.1 Å². The van der Waals surface area contributed by atoms with Crippen LogP contribution in [0.3, 0.4) is 0 Å². The minimum absolute atomic E-state index is 0.474. The second-order valence-electron chi connectivity index (χ2n) is 3.84. The Kier molecular flexibility index (Phi) is 3.00. The lowest BCUT2D eigenvalue weighted by molar-refractivity contribution is 0.513. The molecular weight excluding hydrogens is 265 g/mol. The summed E-state index contributed by atoms with van der Waals surface area (Å²) in [5.74, 6) is 0. The molecule has 90 valence electrons. The molecule has 0 aliphatic carbocycles. The summed E-state index contributed by atoms with van der Waals surface area (Å²) in [7, 11) is -2.71. The van der Waals surface area contributed by atoms with Crippen molar-refractivity contribution in [3.63, 3.8) is 0 Å². The Morgan fingerprint density at radius 3 is 2.56 bits per heavy atom. The molecule has 2 aromatic carbocycles. The summed E-state index contributed by atoms with van der Waals surface area (Å²) in [6.45, 7) is 0. The second-order valence-corrected chi connectivity index (χ2v) is 6.02. The van der Waals surface area contributed by atoms with Crippen LogP contribution in [0.1, 0.15) is 0 Å². The molecule has 0 spiro atoms. The van der Waals surface area contributed by atoms with Crippen molar-refractivity contribution in [1.82, 2.24) is 4.98 Å².